The molecule has 0 aliphatic rings. The van der Waals surface area contributed by atoms with Crippen molar-refractivity contribution in [1.82, 2.24) is 0 Å². The minimum atomic E-state index is -0.658. The molecular formula is C19H16N2O4. The average Bonchev–Trinajstić information content (AvgIpc) is 2.61. The van der Waals surface area contributed by atoms with Crippen LogP contribution in [-0.4, -0.2) is 17.4 Å². The molecule has 3 aromatic carbocycles. The number of nitro groups is 1. The van der Waals surface area contributed by atoms with Gasteiger partial charge in [0, 0.05) is 24.1 Å². The number of ether oxygens (including phenoxy) is 1. The Hall–Kier alpha value is -3.41. The van der Waals surface area contributed by atoms with Gasteiger partial charge in [-0.1, -0.05) is 42.5 Å². The molecule has 0 spiro atoms. The molecule has 3 aromatic rings. The molecule has 126 valence electrons. The summed E-state index contributed by atoms with van der Waals surface area (Å²) < 4.78 is 5.56. The molecule has 1 amide bonds. The van der Waals surface area contributed by atoms with Crippen LogP contribution in [0, 0.1) is 10.1 Å². The number of hydrogen-bond acceptors (Lipinski definition) is 4. The number of amides is 1. The highest BCUT2D eigenvalue weighted by Gasteiger charge is 2.17. The number of carbonyl (C=O) groups is 1. The van der Waals surface area contributed by atoms with Crippen LogP contribution < -0.4 is 10.5 Å². The molecule has 0 unspecified atom stereocenters. The first-order chi connectivity index (χ1) is 12.0. The summed E-state index contributed by atoms with van der Waals surface area (Å²) in [6.45, 7) is 0.251. The maximum atomic E-state index is 11.3. The van der Waals surface area contributed by atoms with Gasteiger partial charge < -0.3 is 10.5 Å². The smallest absolute Gasteiger partial charge is 0.310 e. The van der Waals surface area contributed by atoms with Gasteiger partial charge >= 0.3 is 5.69 Å². The number of rotatable bonds is 6. The van der Waals surface area contributed by atoms with Gasteiger partial charge in [-0.05, 0) is 22.4 Å². The third-order valence-electron chi connectivity index (χ3n) is 3.90. The molecule has 0 saturated carbocycles. The summed E-state index contributed by atoms with van der Waals surface area (Å²) in [7, 11) is 0. The van der Waals surface area contributed by atoms with Crippen molar-refractivity contribution in [3.8, 4) is 5.75 Å². The fourth-order valence-electron chi connectivity index (χ4n) is 2.61. The van der Waals surface area contributed by atoms with Gasteiger partial charge in [0.2, 0.25) is 5.91 Å². The largest absolute Gasteiger partial charge is 0.486 e. The fraction of sp³-hybridized carbons (Fsp3) is 0.105. The number of nitro benzene ring substituents is 1. The highest BCUT2D eigenvalue weighted by Crippen LogP contribution is 2.28. The van der Waals surface area contributed by atoms with Crippen molar-refractivity contribution in [3.63, 3.8) is 0 Å². The monoisotopic (exact) mass is 336 g/mol. The second-order valence-electron chi connectivity index (χ2n) is 5.58. The second kappa shape index (κ2) is 7.00. The highest BCUT2D eigenvalue weighted by atomic mass is 16.6. The third kappa shape index (κ3) is 3.74. The van der Waals surface area contributed by atoms with Crippen molar-refractivity contribution in [2.75, 3.05) is 6.61 Å². The van der Waals surface area contributed by atoms with Crippen LogP contribution in [-0.2, 0) is 6.42 Å². The summed E-state index contributed by atoms with van der Waals surface area (Å²) in [5.41, 5.74) is 6.26. The maximum Gasteiger partial charge on any atom is 0.310 e. The molecule has 0 aliphatic heterocycles. The Bertz CT molecular complexity index is 953. The lowest BCUT2D eigenvalue weighted by Crippen LogP contribution is -2.12. The molecule has 0 heterocycles. The van der Waals surface area contributed by atoms with Crippen molar-refractivity contribution in [2.24, 2.45) is 5.73 Å². The number of primary amides is 1. The Morgan fingerprint density at radius 1 is 1.04 bits per heavy atom. The van der Waals surface area contributed by atoms with Crippen LogP contribution in [0.4, 0.5) is 5.69 Å². The van der Waals surface area contributed by atoms with E-state index in [2.05, 4.69) is 6.07 Å². The molecule has 0 aromatic heterocycles. The Labute approximate surface area is 144 Å². The molecule has 0 atom stereocenters. The molecule has 0 bridgehead atoms. The highest BCUT2D eigenvalue weighted by molar-refractivity contribution is 5.93. The van der Waals surface area contributed by atoms with Crippen LogP contribution in [0.25, 0.3) is 10.8 Å². The molecule has 3 rings (SSSR count). The second-order valence-corrected chi connectivity index (χ2v) is 5.58. The van der Waals surface area contributed by atoms with E-state index in [1.807, 2.05) is 36.4 Å². The zero-order valence-electron chi connectivity index (χ0n) is 13.3. The number of nitrogens with two attached hydrogens (primary N) is 1. The Kier molecular flexibility index (Phi) is 4.61. The van der Waals surface area contributed by atoms with Gasteiger partial charge in [-0.3, -0.25) is 14.9 Å². The summed E-state index contributed by atoms with van der Waals surface area (Å²) in [6, 6.07) is 18.0. The minimum absolute atomic E-state index is 0.0436. The maximum absolute atomic E-state index is 11.3. The predicted molar refractivity (Wildman–Crippen MR) is 94.8 cm³/mol. The van der Waals surface area contributed by atoms with Crippen molar-refractivity contribution in [1.29, 1.82) is 0 Å². The van der Waals surface area contributed by atoms with E-state index in [-0.39, 0.29) is 23.6 Å². The summed E-state index contributed by atoms with van der Waals surface area (Å²) in [5.74, 6) is -0.614. The van der Waals surface area contributed by atoms with Gasteiger partial charge in [0.1, 0.15) is 0 Å². The first-order valence-electron chi connectivity index (χ1n) is 7.73. The third-order valence-corrected chi connectivity index (χ3v) is 3.90. The Morgan fingerprint density at radius 3 is 2.52 bits per heavy atom. The minimum Gasteiger partial charge on any atom is -0.486 e. The molecule has 6 heteroatoms. The average molecular weight is 336 g/mol. The van der Waals surface area contributed by atoms with E-state index in [4.69, 9.17) is 10.5 Å². The van der Waals surface area contributed by atoms with Crippen molar-refractivity contribution >= 4 is 22.4 Å². The standard InChI is InChI=1S/C19H16N2O4/c20-19(22)16-7-8-17(21(23)24)18(12-16)25-10-9-13-5-6-14-3-1-2-4-15(14)11-13/h1-8,11-12H,9-10H2,(H2,20,22). The molecule has 0 aliphatic carbocycles. The molecule has 0 radical (unpaired) electrons. The van der Waals surface area contributed by atoms with Crippen molar-refractivity contribution in [2.45, 2.75) is 6.42 Å². The number of nitrogens with zero attached hydrogens (tertiary/aromatic N) is 1. The lowest BCUT2D eigenvalue weighted by Gasteiger charge is -2.08. The summed E-state index contributed by atoms with van der Waals surface area (Å²) >= 11 is 0. The molecule has 0 saturated heterocycles. The van der Waals surface area contributed by atoms with Crippen LogP contribution in [0.15, 0.2) is 60.7 Å². The van der Waals surface area contributed by atoms with Gasteiger partial charge in [0.25, 0.3) is 0 Å². The first-order valence-corrected chi connectivity index (χ1v) is 7.73. The Balaban J connectivity index is 1.74. The SMILES string of the molecule is NC(=O)c1ccc([N+](=O)[O-])c(OCCc2ccc3ccccc3c2)c1. The summed E-state index contributed by atoms with van der Waals surface area (Å²) in [6.07, 6.45) is 0.586. The molecule has 25 heavy (non-hydrogen) atoms. The van der Waals surface area contributed by atoms with Gasteiger partial charge in [0.15, 0.2) is 5.75 Å². The number of fused-ring (bicyclic) bond motifs is 1. The van der Waals surface area contributed by atoms with Crippen LogP contribution in [0.5, 0.6) is 5.75 Å². The number of hydrogen-bond donors (Lipinski definition) is 1. The van der Waals surface area contributed by atoms with E-state index in [0.29, 0.717) is 6.42 Å². The van der Waals surface area contributed by atoms with Gasteiger partial charge in [-0.15, -0.1) is 0 Å². The van der Waals surface area contributed by atoms with Gasteiger partial charge in [-0.25, -0.2) is 0 Å². The predicted octanol–water partition coefficient (Wildman–Crippen LogP) is 3.47. The van der Waals surface area contributed by atoms with E-state index in [9.17, 15) is 14.9 Å². The van der Waals surface area contributed by atoms with Crippen LogP contribution in [0.2, 0.25) is 0 Å². The van der Waals surface area contributed by atoms with Crippen LogP contribution in [0.3, 0.4) is 0 Å². The molecule has 0 fully saturated rings. The van der Waals surface area contributed by atoms with Crippen molar-refractivity contribution in [3.05, 3.63) is 81.9 Å². The number of carbonyl (C=O) groups excluding carboxylic acids is 1. The van der Waals surface area contributed by atoms with Gasteiger partial charge in [-0.2, -0.15) is 0 Å². The lowest BCUT2D eigenvalue weighted by atomic mass is 10.1. The quantitative estimate of drug-likeness (QED) is 0.551. The topological polar surface area (TPSA) is 95.5 Å². The number of benzene rings is 3. The normalized spacial score (nSPS) is 10.6. The van der Waals surface area contributed by atoms with E-state index < -0.39 is 10.8 Å². The van der Waals surface area contributed by atoms with E-state index >= 15 is 0 Å². The van der Waals surface area contributed by atoms with Crippen LogP contribution >= 0.6 is 0 Å². The van der Waals surface area contributed by atoms with Gasteiger partial charge in [0.05, 0.1) is 11.5 Å². The van der Waals surface area contributed by atoms with Crippen molar-refractivity contribution < 1.29 is 14.5 Å². The fourth-order valence-corrected chi connectivity index (χ4v) is 2.61. The zero-order chi connectivity index (χ0) is 17.8. The van der Waals surface area contributed by atoms with Crippen LogP contribution in [0.1, 0.15) is 15.9 Å². The molecule has 2 N–H and O–H groups in total. The lowest BCUT2D eigenvalue weighted by molar-refractivity contribution is -0.385. The molecular weight excluding hydrogens is 320 g/mol. The molecule has 6 nitrogen and oxygen atoms in total. The zero-order valence-corrected chi connectivity index (χ0v) is 13.3. The summed E-state index contributed by atoms with van der Waals surface area (Å²) in [4.78, 5) is 21.8. The Morgan fingerprint density at radius 2 is 1.80 bits per heavy atom. The first kappa shape index (κ1) is 16.4. The van der Waals surface area contributed by atoms with E-state index in [0.717, 1.165) is 16.3 Å². The summed E-state index contributed by atoms with van der Waals surface area (Å²) in [5, 5.41) is 13.4. The van der Waals surface area contributed by atoms with E-state index in [1.165, 1.54) is 18.2 Å². The van der Waals surface area contributed by atoms with E-state index in [1.54, 1.807) is 0 Å².